The van der Waals surface area contributed by atoms with Crippen LogP contribution in [-0.2, 0) is 11.2 Å². The van der Waals surface area contributed by atoms with E-state index in [9.17, 15) is 19.8 Å². The molecule has 0 atom stereocenters. The van der Waals surface area contributed by atoms with Gasteiger partial charge in [-0.15, -0.1) is 11.3 Å². The van der Waals surface area contributed by atoms with E-state index in [0.29, 0.717) is 21.5 Å². The first-order valence-corrected chi connectivity index (χ1v) is 14.1. The molecule has 0 aliphatic carbocycles. The highest BCUT2D eigenvalue weighted by Gasteiger charge is 2.14. The van der Waals surface area contributed by atoms with Crippen molar-refractivity contribution in [3.8, 4) is 11.5 Å². The van der Waals surface area contributed by atoms with Crippen molar-refractivity contribution < 1.29 is 19.8 Å². The summed E-state index contributed by atoms with van der Waals surface area (Å²) >= 11 is 2.52. The largest absolute Gasteiger partial charge is 0.507 e. The van der Waals surface area contributed by atoms with Crippen molar-refractivity contribution in [3.63, 3.8) is 0 Å². The molecule has 8 nitrogen and oxygen atoms in total. The minimum Gasteiger partial charge on any atom is -0.507 e. The van der Waals surface area contributed by atoms with Crippen molar-refractivity contribution in [2.45, 2.75) is 86.8 Å². The number of likely N-dealkylation sites (N-methyl/N-ethyl adjacent to an activating group) is 1. The fourth-order valence-corrected chi connectivity index (χ4v) is 5.32. The summed E-state index contributed by atoms with van der Waals surface area (Å²) in [4.78, 5) is 28.4. The number of hydrogen-bond acceptors (Lipinski definition) is 7. The van der Waals surface area contributed by atoms with Gasteiger partial charge in [-0.25, -0.2) is 9.78 Å². The molecule has 0 bridgehead atoms. The van der Waals surface area contributed by atoms with E-state index in [2.05, 4.69) is 27.9 Å². The number of phenolic OH excluding ortho intramolecular Hbond substituents is 2. The molecule has 0 saturated heterocycles. The molecule has 35 heavy (non-hydrogen) atoms. The number of aromatic nitrogens is 1. The molecule has 1 aromatic carbocycles. The van der Waals surface area contributed by atoms with E-state index in [1.165, 1.54) is 86.6 Å². The number of unbranched alkanes of at least 4 members (excludes halogenated alkanes) is 9. The summed E-state index contributed by atoms with van der Waals surface area (Å²) in [6.07, 6.45) is 12.5. The third-order valence-electron chi connectivity index (χ3n) is 5.49. The van der Waals surface area contributed by atoms with Gasteiger partial charge in [-0.3, -0.25) is 4.79 Å². The summed E-state index contributed by atoms with van der Waals surface area (Å²) in [7, 11) is 1.57. The molecule has 0 spiro atoms. The van der Waals surface area contributed by atoms with Crippen molar-refractivity contribution in [2.75, 3.05) is 18.9 Å². The Morgan fingerprint density at radius 1 is 0.971 bits per heavy atom. The van der Waals surface area contributed by atoms with Gasteiger partial charge in [0.05, 0.1) is 22.7 Å². The number of nitrogens with zero attached hydrogens (tertiary/aromatic N) is 1. The Kier molecular flexibility index (Phi) is 13.4. The standard InChI is InChI=1S/C25H38N4O4S2/c1-3-4-5-6-7-8-9-10-11-12-13-27-24(33)29-19-15-21(31)22(16-20(19)30)35-25-28-18(17-34-25)14-23(32)26-2/h15-17,30-31H,3-14H2,1-2H3,(H,26,32)(H2,27,29,33). The van der Waals surface area contributed by atoms with Gasteiger partial charge >= 0.3 is 6.03 Å². The number of thiazole rings is 1. The number of hydrogen-bond donors (Lipinski definition) is 5. The molecular weight excluding hydrogens is 484 g/mol. The normalized spacial score (nSPS) is 10.8. The van der Waals surface area contributed by atoms with Gasteiger partial charge in [0, 0.05) is 25.0 Å². The van der Waals surface area contributed by atoms with Gasteiger partial charge in [-0.2, -0.15) is 0 Å². The molecule has 0 fully saturated rings. The summed E-state index contributed by atoms with van der Waals surface area (Å²) in [6, 6.07) is 2.28. The molecule has 1 aromatic heterocycles. The van der Waals surface area contributed by atoms with Crippen molar-refractivity contribution in [1.29, 1.82) is 0 Å². The van der Waals surface area contributed by atoms with E-state index in [-0.39, 0.29) is 29.5 Å². The van der Waals surface area contributed by atoms with E-state index >= 15 is 0 Å². The van der Waals surface area contributed by atoms with Crippen LogP contribution in [0.1, 0.15) is 76.8 Å². The fraction of sp³-hybridized carbons (Fsp3) is 0.560. The lowest BCUT2D eigenvalue weighted by molar-refractivity contribution is -0.120. The summed E-state index contributed by atoms with van der Waals surface area (Å²) in [5.41, 5.74) is 0.768. The van der Waals surface area contributed by atoms with Crippen LogP contribution in [0, 0.1) is 0 Å². The molecule has 194 valence electrons. The Bertz CT molecular complexity index is 936. The summed E-state index contributed by atoms with van der Waals surface area (Å²) in [6.45, 7) is 2.79. The maximum atomic E-state index is 12.2. The Labute approximate surface area is 216 Å². The average Bonchev–Trinajstić information content (AvgIpc) is 3.27. The quantitative estimate of drug-likeness (QED) is 0.104. The molecule has 2 aromatic rings. The van der Waals surface area contributed by atoms with Crippen molar-refractivity contribution >= 4 is 40.7 Å². The first-order valence-electron chi connectivity index (χ1n) is 12.4. The van der Waals surface area contributed by atoms with Gasteiger partial charge in [0.25, 0.3) is 0 Å². The van der Waals surface area contributed by atoms with E-state index in [0.717, 1.165) is 12.8 Å². The lowest BCUT2D eigenvalue weighted by atomic mass is 10.1. The van der Waals surface area contributed by atoms with Crippen LogP contribution in [0.5, 0.6) is 11.5 Å². The van der Waals surface area contributed by atoms with E-state index in [4.69, 9.17) is 0 Å². The molecule has 0 aliphatic rings. The number of benzene rings is 1. The van der Waals surface area contributed by atoms with Crippen molar-refractivity contribution in [2.24, 2.45) is 0 Å². The molecule has 0 radical (unpaired) electrons. The molecule has 10 heteroatoms. The number of urea groups is 1. The first kappa shape index (κ1) is 28.8. The minimum absolute atomic E-state index is 0.0826. The van der Waals surface area contributed by atoms with E-state index in [1.54, 1.807) is 12.4 Å². The molecule has 0 unspecified atom stereocenters. The molecular formula is C25H38N4O4S2. The molecule has 0 aliphatic heterocycles. The number of nitrogens with one attached hydrogen (secondary N) is 3. The summed E-state index contributed by atoms with van der Waals surface area (Å²) in [5.74, 6) is -0.364. The third kappa shape index (κ3) is 11.2. The zero-order chi connectivity index (χ0) is 25.5. The predicted octanol–water partition coefficient (Wildman–Crippen LogP) is 6.04. The molecule has 2 rings (SSSR count). The minimum atomic E-state index is -0.421. The van der Waals surface area contributed by atoms with Crippen LogP contribution in [0.3, 0.4) is 0 Å². The highest BCUT2D eigenvalue weighted by molar-refractivity contribution is 8.01. The fourth-order valence-electron chi connectivity index (χ4n) is 3.48. The second-order valence-corrected chi connectivity index (χ2v) is 10.6. The van der Waals surface area contributed by atoms with Crippen LogP contribution in [0.2, 0.25) is 0 Å². The summed E-state index contributed by atoms with van der Waals surface area (Å²) < 4.78 is 0.633. The predicted molar refractivity (Wildman–Crippen MR) is 143 cm³/mol. The maximum absolute atomic E-state index is 12.2. The number of carbonyl (C=O) groups is 2. The summed E-state index contributed by atoms with van der Waals surface area (Å²) in [5, 5.41) is 30.4. The van der Waals surface area contributed by atoms with Gasteiger partial charge in [0.1, 0.15) is 11.5 Å². The maximum Gasteiger partial charge on any atom is 0.319 e. The Hall–Kier alpha value is -2.46. The van der Waals surface area contributed by atoms with Gasteiger partial charge in [-0.05, 0) is 12.5 Å². The van der Waals surface area contributed by atoms with Crippen molar-refractivity contribution in [1.82, 2.24) is 15.6 Å². The second kappa shape index (κ2) is 16.3. The number of amides is 3. The van der Waals surface area contributed by atoms with Crippen LogP contribution >= 0.6 is 23.1 Å². The Morgan fingerprint density at radius 3 is 2.29 bits per heavy atom. The number of phenols is 2. The topological polar surface area (TPSA) is 124 Å². The van der Waals surface area contributed by atoms with E-state index in [1.807, 2.05) is 0 Å². The highest BCUT2D eigenvalue weighted by Crippen LogP contribution is 2.41. The zero-order valence-electron chi connectivity index (χ0n) is 20.7. The Balaban J connectivity index is 1.70. The molecule has 3 amide bonds. The first-order chi connectivity index (χ1) is 16.9. The lowest BCUT2D eigenvalue weighted by Crippen LogP contribution is -2.29. The van der Waals surface area contributed by atoms with Gasteiger partial charge in [0.2, 0.25) is 5.91 Å². The van der Waals surface area contributed by atoms with E-state index < -0.39 is 6.03 Å². The number of aromatic hydroxyl groups is 2. The van der Waals surface area contributed by atoms with Crippen molar-refractivity contribution in [3.05, 3.63) is 23.2 Å². The third-order valence-corrected chi connectivity index (χ3v) is 7.52. The second-order valence-electron chi connectivity index (χ2n) is 8.46. The van der Waals surface area contributed by atoms with Gasteiger partial charge in [0.15, 0.2) is 4.34 Å². The lowest BCUT2D eigenvalue weighted by Gasteiger charge is -2.11. The Morgan fingerprint density at radius 2 is 1.63 bits per heavy atom. The zero-order valence-corrected chi connectivity index (χ0v) is 22.3. The molecule has 5 N–H and O–H groups in total. The SMILES string of the molecule is CCCCCCCCCCCCNC(=O)Nc1cc(O)c(Sc2nc(CC(=O)NC)cs2)cc1O. The van der Waals surface area contributed by atoms with Crippen LogP contribution in [0.25, 0.3) is 0 Å². The van der Waals surface area contributed by atoms with Crippen LogP contribution < -0.4 is 16.0 Å². The van der Waals surface area contributed by atoms with Crippen LogP contribution in [0.15, 0.2) is 26.7 Å². The van der Waals surface area contributed by atoms with Gasteiger partial charge in [-0.1, -0.05) is 76.5 Å². The van der Waals surface area contributed by atoms with Crippen LogP contribution in [-0.4, -0.2) is 40.7 Å². The molecule has 1 heterocycles. The monoisotopic (exact) mass is 522 g/mol. The van der Waals surface area contributed by atoms with Gasteiger partial charge < -0.3 is 26.2 Å². The number of rotatable bonds is 16. The highest BCUT2D eigenvalue weighted by atomic mass is 32.2. The average molecular weight is 523 g/mol. The number of anilines is 1. The van der Waals surface area contributed by atoms with Crippen LogP contribution in [0.4, 0.5) is 10.5 Å². The smallest absolute Gasteiger partial charge is 0.319 e. The number of carbonyl (C=O) groups excluding carboxylic acids is 2. The molecule has 0 saturated carbocycles.